The Morgan fingerprint density at radius 3 is 2.47 bits per heavy atom. The molecule has 34 heavy (non-hydrogen) atoms. The topological polar surface area (TPSA) is 77.4 Å². The van der Waals surface area contributed by atoms with Crippen LogP contribution in [-0.4, -0.2) is 36.1 Å². The number of carbonyl (C=O) groups excluding carboxylic acids is 1. The molecule has 1 amide bonds. The minimum atomic E-state index is -4.56. The minimum Gasteiger partial charge on any atom is -0.493 e. The van der Waals surface area contributed by atoms with Crippen LogP contribution in [0.4, 0.5) is 24.7 Å². The van der Waals surface area contributed by atoms with Gasteiger partial charge >= 0.3 is 6.18 Å². The summed E-state index contributed by atoms with van der Waals surface area (Å²) in [5, 5.41) is 9.75. The second-order valence-electron chi connectivity index (χ2n) is 8.21. The summed E-state index contributed by atoms with van der Waals surface area (Å²) in [6, 6.07) is 7.73. The zero-order valence-electron chi connectivity index (χ0n) is 19.2. The molecule has 1 aliphatic heterocycles. The fourth-order valence-electron chi connectivity index (χ4n) is 4.03. The molecule has 0 unspecified atom stereocenters. The number of hydrogen-bond donors (Lipinski definition) is 2. The highest BCUT2D eigenvalue weighted by Gasteiger charge is 2.47. The molecular weight excluding hydrogens is 449 g/mol. The SMILES string of the molecule is COc1ccc([C@H]2C[C@@H](C(F)(F)F)n3ncc(C(=O)Nc4ccc(C)c(C)c4)c3N2)cc1OC. The fraction of sp³-hybridized carbons (Fsp3) is 0.333. The fourth-order valence-corrected chi connectivity index (χ4v) is 4.03. The Morgan fingerprint density at radius 1 is 1.09 bits per heavy atom. The van der Waals surface area contributed by atoms with Gasteiger partial charge in [-0.05, 0) is 54.8 Å². The molecule has 0 bridgehead atoms. The highest BCUT2D eigenvalue weighted by atomic mass is 19.4. The van der Waals surface area contributed by atoms with Gasteiger partial charge in [-0.2, -0.15) is 18.3 Å². The lowest BCUT2D eigenvalue weighted by molar-refractivity contribution is -0.173. The van der Waals surface area contributed by atoms with Gasteiger partial charge in [-0.3, -0.25) is 4.79 Å². The van der Waals surface area contributed by atoms with Gasteiger partial charge in [0.25, 0.3) is 5.91 Å². The third kappa shape index (κ3) is 4.40. The van der Waals surface area contributed by atoms with Gasteiger partial charge in [0.05, 0.1) is 26.5 Å². The predicted molar refractivity (Wildman–Crippen MR) is 122 cm³/mol. The quantitative estimate of drug-likeness (QED) is 0.516. The first kappa shape index (κ1) is 23.5. The molecule has 2 atom stereocenters. The molecule has 1 aromatic heterocycles. The second-order valence-corrected chi connectivity index (χ2v) is 8.21. The summed E-state index contributed by atoms with van der Waals surface area (Å²) in [4.78, 5) is 13.0. The minimum absolute atomic E-state index is 0.00898. The van der Waals surface area contributed by atoms with Gasteiger partial charge in [-0.25, -0.2) is 4.68 Å². The number of methoxy groups -OCH3 is 2. The number of benzene rings is 2. The van der Waals surface area contributed by atoms with Crippen LogP contribution >= 0.6 is 0 Å². The number of aromatic nitrogens is 2. The summed E-state index contributed by atoms with van der Waals surface area (Å²) in [6.45, 7) is 3.86. The van der Waals surface area contributed by atoms with E-state index in [4.69, 9.17) is 9.47 Å². The standard InChI is InChI=1S/C24H25F3N4O3/c1-13-5-7-16(9-14(13)2)29-23(32)17-12-28-31-21(24(25,26)27)11-18(30-22(17)31)15-6-8-19(33-3)20(10-15)34-4/h5-10,12,18,21,30H,11H2,1-4H3,(H,29,32)/t18-,21+/m1/s1. The van der Waals surface area contributed by atoms with E-state index in [0.29, 0.717) is 22.7 Å². The number of carbonyl (C=O) groups is 1. The van der Waals surface area contributed by atoms with E-state index in [1.165, 1.54) is 14.2 Å². The Morgan fingerprint density at radius 2 is 1.82 bits per heavy atom. The molecule has 0 radical (unpaired) electrons. The molecule has 3 aromatic rings. The van der Waals surface area contributed by atoms with Gasteiger partial charge in [-0.1, -0.05) is 12.1 Å². The average molecular weight is 474 g/mol. The molecule has 2 heterocycles. The van der Waals surface area contributed by atoms with Crippen molar-refractivity contribution in [3.63, 3.8) is 0 Å². The first-order valence-corrected chi connectivity index (χ1v) is 10.6. The Labute approximate surface area is 194 Å². The molecule has 0 fully saturated rings. The third-order valence-electron chi connectivity index (χ3n) is 6.06. The van der Waals surface area contributed by atoms with Crippen molar-refractivity contribution in [2.45, 2.75) is 38.5 Å². The average Bonchev–Trinajstić information content (AvgIpc) is 3.23. The number of rotatable bonds is 5. The number of nitrogens with zero attached hydrogens (tertiary/aromatic N) is 2. The normalized spacial score (nSPS) is 17.5. The second kappa shape index (κ2) is 8.92. The van der Waals surface area contributed by atoms with Gasteiger partial charge in [0, 0.05) is 12.1 Å². The number of amides is 1. The zero-order valence-corrected chi connectivity index (χ0v) is 19.2. The number of anilines is 2. The molecule has 0 aliphatic carbocycles. The predicted octanol–water partition coefficient (Wildman–Crippen LogP) is 5.43. The number of hydrogen-bond acceptors (Lipinski definition) is 5. The number of nitrogens with one attached hydrogen (secondary N) is 2. The van der Waals surface area contributed by atoms with E-state index in [2.05, 4.69) is 15.7 Å². The number of fused-ring (bicyclic) bond motifs is 1. The Hall–Kier alpha value is -3.69. The Kier molecular flexibility index (Phi) is 6.16. The van der Waals surface area contributed by atoms with E-state index in [0.717, 1.165) is 22.0 Å². The van der Waals surface area contributed by atoms with E-state index in [-0.39, 0.29) is 17.8 Å². The van der Waals surface area contributed by atoms with Gasteiger partial charge in [0.2, 0.25) is 0 Å². The van der Waals surface area contributed by atoms with Crippen molar-refractivity contribution in [1.82, 2.24) is 9.78 Å². The van der Waals surface area contributed by atoms with Crippen molar-refractivity contribution in [3.8, 4) is 11.5 Å². The monoisotopic (exact) mass is 474 g/mol. The highest BCUT2D eigenvalue weighted by molar-refractivity contribution is 6.07. The van der Waals surface area contributed by atoms with Crippen LogP contribution in [0.2, 0.25) is 0 Å². The van der Waals surface area contributed by atoms with Gasteiger partial charge < -0.3 is 20.1 Å². The van der Waals surface area contributed by atoms with E-state index >= 15 is 0 Å². The zero-order chi connectivity index (χ0) is 24.6. The number of ether oxygens (including phenoxy) is 2. The van der Waals surface area contributed by atoms with Gasteiger partial charge in [-0.15, -0.1) is 0 Å². The maximum atomic E-state index is 14.0. The van der Waals surface area contributed by atoms with Crippen LogP contribution in [-0.2, 0) is 0 Å². The molecule has 0 saturated heterocycles. The smallest absolute Gasteiger partial charge is 0.410 e. The van der Waals surface area contributed by atoms with E-state index in [9.17, 15) is 18.0 Å². The van der Waals surface area contributed by atoms with Crippen LogP contribution in [0.15, 0.2) is 42.6 Å². The largest absolute Gasteiger partial charge is 0.493 e. The van der Waals surface area contributed by atoms with Crippen molar-refractivity contribution in [3.05, 3.63) is 64.8 Å². The molecular formula is C24H25F3N4O3. The van der Waals surface area contributed by atoms with Crippen molar-refractivity contribution in [2.75, 3.05) is 24.9 Å². The van der Waals surface area contributed by atoms with Crippen LogP contribution in [0.25, 0.3) is 0 Å². The third-order valence-corrected chi connectivity index (χ3v) is 6.06. The maximum absolute atomic E-state index is 14.0. The van der Waals surface area contributed by atoms with E-state index in [1.807, 2.05) is 26.0 Å². The van der Waals surface area contributed by atoms with Crippen molar-refractivity contribution >= 4 is 17.4 Å². The molecule has 0 saturated carbocycles. The molecule has 2 aromatic carbocycles. The summed E-state index contributed by atoms with van der Waals surface area (Å²) < 4.78 is 53.3. The lowest BCUT2D eigenvalue weighted by Gasteiger charge is -2.34. The number of aryl methyl sites for hydroxylation is 2. The first-order chi connectivity index (χ1) is 16.1. The maximum Gasteiger partial charge on any atom is 0.410 e. The Bertz CT molecular complexity index is 1220. The van der Waals surface area contributed by atoms with Gasteiger partial charge in [0.15, 0.2) is 17.5 Å². The summed E-state index contributed by atoms with van der Waals surface area (Å²) >= 11 is 0. The van der Waals surface area contributed by atoms with E-state index in [1.54, 1.807) is 24.3 Å². The van der Waals surface area contributed by atoms with Crippen molar-refractivity contribution in [1.29, 1.82) is 0 Å². The number of halogens is 3. The summed E-state index contributed by atoms with van der Waals surface area (Å²) in [5.41, 5.74) is 3.19. The van der Waals surface area contributed by atoms with E-state index < -0.39 is 24.2 Å². The van der Waals surface area contributed by atoms with Crippen LogP contribution in [0.1, 0.15) is 45.6 Å². The van der Waals surface area contributed by atoms with Crippen LogP contribution < -0.4 is 20.1 Å². The lowest BCUT2D eigenvalue weighted by atomic mass is 9.96. The van der Waals surface area contributed by atoms with Crippen LogP contribution in [0.3, 0.4) is 0 Å². The molecule has 0 spiro atoms. The molecule has 4 rings (SSSR count). The lowest BCUT2D eigenvalue weighted by Crippen LogP contribution is -2.36. The summed E-state index contributed by atoms with van der Waals surface area (Å²) in [5.74, 6) is 0.325. The summed E-state index contributed by atoms with van der Waals surface area (Å²) in [6.07, 6.45) is -3.69. The van der Waals surface area contributed by atoms with Crippen LogP contribution in [0, 0.1) is 13.8 Å². The molecule has 2 N–H and O–H groups in total. The molecule has 7 nitrogen and oxygen atoms in total. The first-order valence-electron chi connectivity index (χ1n) is 10.6. The number of alkyl halides is 3. The van der Waals surface area contributed by atoms with Crippen molar-refractivity contribution in [2.24, 2.45) is 0 Å². The molecule has 180 valence electrons. The Balaban J connectivity index is 1.69. The molecule has 1 aliphatic rings. The van der Waals surface area contributed by atoms with Crippen LogP contribution in [0.5, 0.6) is 11.5 Å². The van der Waals surface area contributed by atoms with Crippen molar-refractivity contribution < 1.29 is 27.4 Å². The summed E-state index contributed by atoms with van der Waals surface area (Å²) in [7, 11) is 2.94. The van der Waals surface area contributed by atoms with Gasteiger partial charge in [0.1, 0.15) is 11.4 Å². The highest BCUT2D eigenvalue weighted by Crippen LogP contribution is 2.45. The molecule has 10 heteroatoms.